The minimum absolute atomic E-state index is 0. The van der Waals surface area contributed by atoms with Gasteiger partial charge in [0.05, 0.1) is 0 Å². The van der Waals surface area contributed by atoms with Crippen molar-refractivity contribution in [1.82, 2.24) is 4.98 Å². The lowest BCUT2D eigenvalue weighted by molar-refractivity contribution is -0.136. The minimum Gasteiger partial charge on any atom is -0.361 e. The Bertz CT molecular complexity index is 507. The Morgan fingerprint density at radius 2 is 1.94 bits per heavy atom. The van der Waals surface area contributed by atoms with E-state index in [4.69, 9.17) is 5.73 Å². The normalized spacial score (nSPS) is 13.3. The van der Waals surface area contributed by atoms with Crippen LogP contribution in [0.2, 0.25) is 0 Å². The Morgan fingerprint density at radius 1 is 1.22 bits per heavy atom. The zero-order valence-corrected chi connectivity index (χ0v) is 10.3. The van der Waals surface area contributed by atoms with Crippen molar-refractivity contribution in [3.63, 3.8) is 0 Å². The average molecular weight is 279 g/mol. The van der Waals surface area contributed by atoms with E-state index in [9.17, 15) is 13.2 Å². The number of alkyl halides is 3. The minimum atomic E-state index is -4.15. The van der Waals surface area contributed by atoms with Crippen LogP contribution in [0.25, 0.3) is 10.9 Å². The van der Waals surface area contributed by atoms with Gasteiger partial charge in [-0.25, -0.2) is 0 Å². The van der Waals surface area contributed by atoms with Crippen LogP contribution < -0.4 is 5.73 Å². The summed E-state index contributed by atoms with van der Waals surface area (Å²) in [5.74, 6) is 0. The summed E-state index contributed by atoms with van der Waals surface area (Å²) in [6.07, 6.45) is -3.34. The average Bonchev–Trinajstić information content (AvgIpc) is 2.72. The fourth-order valence-electron chi connectivity index (χ4n) is 1.91. The fraction of sp³-hybridized carbons (Fsp3) is 0.333. The van der Waals surface area contributed by atoms with Gasteiger partial charge in [-0.3, -0.25) is 0 Å². The summed E-state index contributed by atoms with van der Waals surface area (Å²) < 4.78 is 36.4. The van der Waals surface area contributed by atoms with Gasteiger partial charge in [0.15, 0.2) is 0 Å². The molecule has 18 heavy (non-hydrogen) atoms. The van der Waals surface area contributed by atoms with Crippen molar-refractivity contribution in [2.75, 3.05) is 0 Å². The van der Waals surface area contributed by atoms with E-state index in [-0.39, 0.29) is 18.8 Å². The number of H-pyrrole nitrogens is 1. The van der Waals surface area contributed by atoms with Crippen LogP contribution in [0.3, 0.4) is 0 Å². The quantitative estimate of drug-likeness (QED) is 0.877. The SMILES string of the molecule is Cl.N[C@H](CCC(F)(F)F)c1cccc2[nH]ccc12. The number of hydrogen-bond donors (Lipinski definition) is 2. The molecule has 0 bridgehead atoms. The summed E-state index contributed by atoms with van der Waals surface area (Å²) in [4.78, 5) is 3.01. The molecule has 0 saturated heterocycles. The van der Waals surface area contributed by atoms with Gasteiger partial charge in [-0.1, -0.05) is 12.1 Å². The second-order valence-electron chi connectivity index (χ2n) is 4.05. The van der Waals surface area contributed by atoms with Gasteiger partial charge >= 0.3 is 6.18 Å². The maximum atomic E-state index is 12.1. The topological polar surface area (TPSA) is 41.8 Å². The Morgan fingerprint density at radius 3 is 2.61 bits per heavy atom. The Balaban J connectivity index is 0.00000162. The molecule has 1 atom stereocenters. The number of nitrogens with two attached hydrogens (primary N) is 1. The molecule has 0 fully saturated rings. The third kappa shape index (κ3) is 3.40. The molecule has 0 amide bonds. The van der Waals surface area contributed by atoms with Gasteiger partial charge in [-0.15, -0.1) is 12.4 Å². The molecule has 3 N–H and O–H groups in total. The molecule has 2 nitrogen and oxygen atoms in total. The van der Waals surface area contributed by atoms with E-state index in [2.05, 4.69) is 4.98 Å². The van der Waals surface area contributed by atoms with Gasteiger partial charge in [0.25, 0.3) is 0 Å². The molecule has 2 rings (SSSR count). The lowest BCUT2D eigenvalue weighted by Crippen LogP contribution is -2.15. The number of benzene rings is 1. The number of aromatic nitrogens is 1. The van der Waals surface area contributed by atoms with E-state index < -0.39 is 18.6 Å². The summed E-state index contributed by atoms with van der Waals surface area (Å²) >= 11 is 0. The first-order valence-electron chi connectivity index (χ1n) is 5.36. The third-order valence-corrected chi connectivity index (χ3v) is 2.77. The van der Waals surface area contributed by atoms with E-state index in [1.807, 2.05) is 12.1 Å². The molecule has 0 aliphatic rings. The maximum absolute atomic E-state index is 12.1. The van der Waals surface area contributed by atoms with Gasteiger partial charge in [0.1, 0.15) is 0 Å². The summed E-state index contributed by atoms with van der Waals surface area (Å²) in [6.45, 7) is 0. The highest BCUT2D eigenvalue weighted by atomic mass is 35.5. The molecule has 0 unspecified atom stereocenters. The van der Waals surface area contributed by atoms with Crippen molar-refractivity contribution in [3.05, 3.63) is 36.0 Å². The molecule has 0 radical (unpaired) electrons. The monoisotopic (exact) mass is 278 g/mol. The van der Waals surface area contributed by atoms with Crippen molar-refractivity contribution in [3.8, 4) is 0 Å². The van der Waals surface area contributed by atoms with Gasteiger partial charge in [-0.2, -0.15) is 13.2 Å². The van der Waals surface area contributed by atoms with Crippen LogP contribution >= 0.6 is 12.4 Å². The van der Waals surface area contributed by atoms with Gasteiger partial charge < -0.3 is 10.7 Å². The summed E-state index contributed by atoms with van der Waals surface area (Å²) in [5.41, 5.74) is 7.46. The number of nitrogens with one attached hydrogen (secondary N) is 1. The number of hydrogen-bond acceptors (Lipinski definition) is 1. The summed E-state index contributed by atoms with van der Waals surface area (Å²) in [5, 5.41) is 0.891. The molecule has 0 spiro atoms. The van der Waals surface area contributed by atoms with Crippen molar-refractivity contribution in [1.29, 1.82) is 0 Å². The molecule has 1 aromatic carbocycles. The summed E-state index contributed by atoms with van der Waals surface area (Å²) in [7, 11) is 0. The lowest BCUT2D eigenvalue weighted by atomic mass is 9.99. The first kappa shape index (κ1) is 14.9. The van der Waals surface area contributed by atoms with Crippen LogP contribution in [-0.2, 0) is 0 Å². The van der Waals surface area contributed by atoms with Crippen LogP contribution in [0.4, 0.5) is 13.2 Å². The second kappa shape index (κ2) is 5.63. The second-order valence-corrected chi connectivity index (χ2v) is 4.05. The van der Waals surface area contributed by atoms with Crippen molar-refractivity contribution >= 4 is 23.3 Å². The van der Waals surface area contributed by atoms with E-state index in [0.717, 1.165) is 16.5 Å². The highest BCUT2D eigenvalue weighted by Gasteiger charge is 2.28. The predicted octanol–water partition coefficient (Wildman–Crippen LogP) is 3.93. The largest absolute Gasteiger partial charge is 0.389 e. The van der Waals surface area contributed by atoms with Crippen molar-refractivity contribution in [2.24, 2.45) is 5.73 Å². The highest BCUT2D eigenvalue weighted by molar-refractivity contribution is 5.85. The van der Waals surface area contributed by atoms with Crippen LogP contribution in [-0.4, -0.2) is 11.2 Å². The Kier molecular flexibility index (Phi) is 4.65. The molecule has 1 heterocycles. The van der Waals surface area contributed by atoms with Crippen LogP contribution in [0.1, 0.15) is 24.4 Å². The number of aromatic amines is 1. The third-order valence-electron chi connectivity index (χ3n) is 2.77. The molecule has 100 valence electrons. The highest BCUT2D eigenvalue weighted by Crippen LogP contribution is 2.29. The summed E-state index contributed by atoms with van der Waals surface area (Å²) in [6, 6.07) is 6.68. The Labute approximate surface area is 109 Å². The van der Waals surface area contributed by atoms with Crippen LogP contribution in [0.5, 0.6) is 0 Å². The molecular weight excluding hydrogens is 265 g/mol. The van der Waals surface area contributed by atoms with Gasteiger partial charge in [-0.05, 0) is 24.1 Å². The number of fused-ring (bicyclic) bond motifs is 1. The lowest BCUT2D eigenvalue weighted by Gasteiger charge is -2.14. The van der Waals surface area contributed by atoms with Crippen LogP contribution in [0, 0.1) is 0 Å². The van der Waals surface area contributed by atoms with E-state index >= 15 is 0 Å². The predicted molar refractivity (Wildman–Crippen MR) is 67.8 cm³/mol. The van der Waals surface area contributed by atoms with Crippen molar-refractivity contribution < 1.29 is 13.2 Å². The molecule has 0 saturated carbocycles. The molecule has 6 heteroatoms. The number of halogens is 4. The van der Waals surface area contributed by atoms with Gasteiger partial charge in [0.2, 0.25) is 0 Å². The molecule has 2 aromatic rings. The Hall–Kier alpha value is -1.20. The molecular formula is C12H14ClF3N2. The maximum Gasteiger partial charge on any atom is 0.389 e. The molecule has 0 aliphatic carbocycles. The smallest absolute Gasteiger partial charge is 0.361 e. The first-order valence-corrected chi connectivity index (χ1v) is 5.36. The molecule has 1 aromatic heterocycles. The van der Waals surface area contributed by atoms with E-state index in [1.165, 1.54) is 0 Å². The zero-order valence-electron chi connectivity index (χ0n) is 9.50. The van der Waals surface area contributed by atoms with Crippen LogP contribution in [0.15, 0.2) is 30.5 Å². The van der Waals surface area contributed by atoms with E-state index in [0.29, 0.717) is 0 Å². The standard InChI is InChI=1S/C12H13F3N2.ClH/c13-12(14,15)6-4-10(16)8-2-1-3-11-9(8)5-7-17-11;/h1-3,5,7,10,17H,4,6,16H2;1H/t10-;/m1./s1. The van der Waals surface area contributed by atoms with Crippen molar-refractivity contribution in [2.45, 2.75) is 25.1 Å². The van der Waals surface area contributed by atoms with E-state index in [1.54, 1.807) is 18.3 Å². The zero-order chi connectivity index (χ0) is 12.5. The molecule has 0 aliphatic heterocycles. The fourth-order valence-corrected chi connectivity index (χ4v) is 1.91. The first-order chi connectivity index (χ1) is 7.97. The number of rotatable bonds is 3. The van der Waals surface area contributed by atoms with Gasteiger partial charge in [0, 0.05) is 29.6 Å².